The molecule has 86 valence electrons. The van der Waals surface area contributed by atoms with Crippen molar-refractivity contribution >= 4 is 5.78 Å². The lowest BCUT2D eigenvalue weighted by Gasteiger charge is -2.05. The van der Waals surface area contributed by atoms with Gasteiger partial charge in [0.25, 0.3) is 0 Å². The van der Waals surface area contributed by atoms with E-state index in [1.165, 1.54) is 6.20 Å². The van der Waals surface area contributed by atoms with Crippen LogP contribution >= 0.6 is 0 Å². The van der Waals surface area contributed by atoms with E-state index in [1.54, 1.807) is 37.8 Å². The topological polar surface area (TPSA) is 52.1 Å². The van der Waals surface area contributed by atoms with Gasteiger partial charge in [-0.25, -0.2) is 0 Å². The molecule has 0 aliphatic heterocycles. The van der Waals surface area contributed by atoms with Crippen molar-refractivity contribution in [3.05, 3.63) is 53.6 Å². The Morgan fingerprint density at radius 1 is 1.24 bits per heavy atom. The molecule has 0 atom stereocenters. The first-order chi connectivity index (χ1) is 8.22. The minimum Gasteiger partial charge on any atom is -0.495 e. The van der Waals surface area contributed by atoms with Crippen molar-refractivity contribution in [2.45, 2.75) is 6.92 Å². The Bertz CT molecular complexity index is 553. The van der Waals surface area contributed by atoms with Gasteiger partial charge in [-0.1, -0.05) is 0 Å². The first kappa shape index (κ1) is 11.3. The molecule has 0 aliphatic rings. The van der Waals surface area contributed by atoms with Crippen molar-refractivity contribution in [3.63, 3.8) is 0 Å². The van der Waals surface area contributed by atoms with Crippen molar-refractivity contribution in [3.8, 4) is 5.75 Å². The molecule has 0 aromatic carbocycles. The van der Waals surface area contributed by atoms with Gasteiger partial charge in [0, 0.05) is 29.7 Å². The maximum Gasteiger partial charge on any atom is 0.195 e. The fourth-order valence-corrected chi connectivity index (χ4v) is 1.54. The predicted octanol–water partition coefficient (Wildman–Crippen LogP) is 2.02. The fourth-order valence-electron chi connectivity index (χ4n) is 1.54. The molecule has 0 saturated carbocycles. The van der Waals surface area contributed by atoms with Crippen LogP contribution in [0.5, 0.6) is 5.75 Å². The second-order valence-electron chi connectivity index (χ2n) is 3.63. The van der Waals surface area contributed by atoms with Crippen LogP contribution in [0, 0.1) is 6.92 Å². The van der Waals surface area contributed by atoms with E-state index in [9.17, 15) is 4.79 Å². The number of aryl methyl sites for hydroxylation is 1. The highest BCUT2D eigenvalue weighted by Gasteiger charge is 2.12. The third kappa shape index (κ3) is 2.30. The molecule has 4 heteroatoms. The number of rotatable bonds is 3. The van der Waals surface area contributed by atoms with Crippen molar-refractivity contribution in [2.75, 3.05) is 7.11 Å². The molecule has 0 amide bonds. The van der Waals surface area contributed by atoms with Crippen molar-refractivity contribution in [1.29, 1.82) is 0 Å². The van der Waals surface area contributed by atoms with E-state index < -0.39 is 0 Å². The largest absolute Gasteiger partial charge is 0.495 e. The van der Waals surface area contributed by atoms with Crippen LogP contribution in [0.2, 0.25) is 0 Å². The molecule has 0 bridgehead atoms. The summed E-state index contributed by atoms with van der Waals surface area (Å²) in [6.45, 7) is 1.85. The van der Waals surface area contributed by atoms with E-state index in [1.807, 2.05) is 6.92 Å². The zero-order valence-corrected chi connectivity index (χ0v) is 9.68. The number of carbonyl (C=O) groups excluding carboxylic acids is 1. The van der Waals surface area contributed by atoms with Gasteiger partial charge < -0.3 is 4.74 Å². The number of pyridine rings is 2. The molecule has 2 aromatic heterocycles. The van der Waals surface area contributed by atoms with E-state index in [-0.39, 0.29) is 5.78 Å². The van der Waals surface area contributed by atoms with Gasteiger partial charge in [0.05, 0.1) is 13.3 Å². The second kappa shape index (κ2) is 4.74. The highest BCUT2D eigenvalue weighted by molar-refractivity contribution is 6.09. The Kier molecular flexibility index (Phi) is 3.14. The summed E-state index contributed by atoms with van der Waals surface area (Å²) in [4.78, 5) is 20.1. The van der Waals surface area contributed by atoms with Gasteiger partial charge in [0.2, 0.25) is 0 Å². The zero-order chi connectivity index (χ0) is 12.3. The molecule has 2 aromatic rings. The number of hydrogen-bond donors (Lipinski definition) is 0. The van der Waals surface area contributed by atoms with E-state index in [2.05, 4.69) is 9.97 Å². The maximum atomic E-state index is 12.2. The summed E-state index contributed by atoms with van der Waals surface area (Å²) in [5.41, 5.74) is 1.99. The van der Waals surface area contributed by atoms with E-state index >= 15 is 0 Å². The average Bonchev–Trinajstić information content (AvgIpc) is 2.38. The van der Waals surface area contributed by atoms with Crippen molar-refractivity contribution in [2.24, 2.45) is 0 Å². The molecule has 0 radical (unpaired) electrons. The number of aromatic nitrogens is 2. The molecule has 2 heterocycles. The first-order valence-electron chi connectivity index (χ1n) is 5.16. The molecule has 0 saturated heterocycles. The molecule has 4 nitrogen and oxygen atoms in total. The Balaban J connectivity index is 2.40. The number of hydrogen-bond acceptors (Lipinski definition) is 4. The normalized spacial score (nSPS) is 10.0. The van der Waals surface area contributed by atoms with Gasteiger partial charge in [-0.05, 0) is 24.6 Å². The molecular formula is C13H12N2O2. The molecular weight excluding hydrogens is 216 g/mol. The first-order valence-corrected chi connectivity index (χ1v) is 5.16. The van der Waals surface area contributed by atoms with Gasteiger partial charge in [-0.3, -0.25) is 14.8 Å². The summed E-state index contributed by atoms with van der Waals surface area (Å²) >= 11 is 0. The van der Waals surface area contributed by atoms with Gasteiger partial charge in [0.1, 0.15) is 5.75 Å². The Morgan fingerprint density at radius 3 is 2.76 bits per heavy atom. The maximum absolute atomic E-state index is 12.2. The Labute approximate surface area is 99.3 Å². The average molecular weight is 228 g/mol. The molecule has 17 heavy (non-hydrogen) atoms. The number of nitrogens with zero attached hydrogens (tertiary/aromatic N) is 2. The van der Waals surface area contributed by atoms with Crippen LogP contribution in [-0.2, 0) is 0 Å². The van der Waals surface area contributed by atoms with Crippen molar-refractivity contribution < 1.29 is 9.53 Å². The van der Waals surface area contributed by atoms with Gasteiger partial charge in [0.15, 0.2) is 5.78 Å². The lowest BCUT2D eigenvalue weighted by molar-refractivity contribution is 0.103. The van der Waals surface area contributed by atoms with Crippen LogP contribution in [0.25, 0.3) is 0 Å². The number of carbonyl (C=O) groups is 1. The molecule has 0 unspecified atom stereocenters. The lowest BCUT2D eigenvalue weighted by Crippen LogP contribution is -2.04. The van der Waals surface area contributed by atoms with Crippen LogP contribution in [0.15, 0.2) is 36.9 Å². The van der Waals surface area contributed by atoms with E-state index in [0.29, 0.717) is 16.9 Å². The highest BCUT2D eigenvalue weighted by atomic mass is 16.5. The number of ether oxygens (including phenoxy) is 1. The number of ketones is 1. The molecule has 2 rings (SSSR count). The van der Waals surface area contributed by atoms with Crippen LogP contribution in [0.1, 0.15) is 21.5 Å². The van der Waals surface area contributed by atoms with Crippen LogP contribution in [0.4, 0.5) is 0 Å². The quantitative estimate of drug-likeness (QED) is 0.754. The summed E-state index contributed by atoms with van der Waals surface area (Å²) in [5, 5.41) is 0. The van der Waals surface area contributed by atoms with Gasteiger partial charge in [-0.15, -0.1) is 0 Å². The molecule has 0 fully saturated rings. The summed E-state index contributed by atoms with van der Waals surface area (Å²) in [6, 6.07) is 3.38. The Hall–Kier alpha value is -2.23. The predicted molar refractivity (Wildman–Crippen MR) is 63.2 cm³/mol. The minimum atomic E-state index is -0.0729. The summed E-state index contributed by atoms with van der Waals surface area (Å²) in [7, 11) is 1.54. The highest BCUT2D eigenvalue weighted by Crippen LogP contribution is 2.16. The van der Waals surface area contributed by atoms with Crippen LogP contribution < -0.4 is 4.74 Å². The van der Waals surface area contributed by atoms with Crippen LogP contribution in [0.3, 0.4) is 0 Å². The third-order valence-corrected chi connectivity index (χ3v) is 2.48. The van der Waals surface area contributed by atoms with Gasteiger partial charge in [-0.2, -0.15) is 0 Å². The second-order valence-corrected chi connectivity index (χ2v) is 3.63. The lowest BCUT2D eigenvalue weighted by atomic mass is 10.0. The fraction of sp³-hybridized carbons (Fsp3) is 0.154. The molecule has 0 aliphatic carbocycles. The third-order valence-electron chi connectivity index (χ3n) is 2.48. The molecule has 0 N–H and O–H groups in total. The van der Waals surface area contributed by atoms with E-state index in [4.69, 9.17) is 4.74 Å². The monoisotopic (exact) mass is 228 g/mol. The van der Waals surface area contributed by atoms with Crippen LogP contribution in [-0.4, -0.2) is 22.9 Å². The smallest absolute Gasteiger partial charge is 0.195 e. The zero-order valence-electron chi connectivity index (χ0n) is 9.68. The minimum absolute atomic E-state index is 0.0729. The van der Waals surface area contributed by atoms with Crippen molar-refractivity contribution in [1.82, 2.24) is 9.97 Å². The SMILES string of the molecule is COc1cncc(C(=O)c2ccncc2C)c1. The summed E-state index contributed by atoms with van der Waals surface area (Å²) < 4.78 is 5.04. The summed E-state index contributed by atoms with van der Waals surface area (Å²) in [6.07, 6.45) is 6.37. The Morgan fingerprint density at radius 2 is 2.06 bits per heavy atom. The standard InChI is InChI=1S/C13H12N2O2/c1-9-6-14-4-3-12(9)13(16)10-5-11(17-2)8-15-7-10/h3-8H,1-2H3. The van der Waals surface area contributed by atoms with Gasteiger partial charge >= 0.3 is 0 Å². The number of methoxy groups -OCH3 is 1. The molecule has 0 spiro atoms. The summed E-state index contributed by atoms with van der Waals surface area (Å²) in [5.74, 6) is 0.499. The van der Waals surface area contributed by atoms with E-state index in [0.717, 1.165) is 5.56 Å².